The summed E-state index contributed by atoms with van der Waals surface area (Å²) in [6.07, 6.45) is 0. The zero-order valence-electron chi connectivity index (χ0n) is 12.6. The molecule has 1 amide bonds. The van der Waals surface area contributed by atoms with Gasteiger partial charge in [0.25, 0.3) is 5.91 Å². The lowest BCUT2D eigenvalue weighted by Gasteiger charge is -2.08. The third-order valence-corrected chi connectivity index (χ3v) is 3.76. The van der Waals surface area contributed by atoms with Crippen molar-refractivity contribution in [2.45, 2.75) is 6.92 Å². The minimum atomic E-state index is -0.493. The third kappa shape index (κ3) is 4.87. The van der Waals surface area contributed by atoms with Gasteiger partial charge in [-0.15, -0.1) is 0 Å². The molecule has 0 saturated heterocycles. The van der Waals surface area contributed by atoms with Gasteiger partial charge in [-0.3, -0.25) is 4.79 Å². The summed E-state index contributed by atoms with van der Waals surface area (Å²) in [7, 11) is 0. The molecular formula is C16H14BrClN2O4. The molecule has 0 heterocycles. The van der Waals surface area contributed by atoms with Crippen LogP contribution in [0.3, 0.4) is 0 Å². The maximum atomic E-state index is 11.8. The number of phenolic OH excluding ortho intramolecular Hbond substituents is 2. The highest BCUT2D eigenvalue weighted by atomic mass is 79.9. The first-order valence-electron chi connectivity index (χ1n) is 6.80. The molecule has 0 spiro atoms. The van der Waals surface area contributed by atoms with Crippen LogP contribution in [-0.2, 0) is 4.79 Å². The van der Waals surface area contributed by atoms with Gasteiger partial charge in [-0.1, -0.05) is 27.5 Å². The van der Waals surface area contributed by atoms with Crippen LogP contribution in [0.4, 0.5) is 0 Å². The number of hydrogen-bond acceptors (Lipinski definition) is 5. The average Bonchev–Trinajstić information content (AvgIpc) is 2.54. The van der Waals surface area contributed by atoms with E-state index in [-0.39, 0.29) is 18.1 Å². The van der Waals surface area contributed by atoms with E-state index >= 15 is 0 Å². The molecule has 3 N–H and O–H groups in total. The zero-order chi connectivity index (χ0) is 17.7. The Bertz CT molecular complexity index is 796. The van der Waals surface area contributed by atoms with Crippen molar-refractivity contribution < 1.29 is 19.7 Å². The van der Waals surface area contributed by atoms with Gasteiger partial charge in [-0.05, 0) is 43.3 Å². The lowest BCUT2D eigenvalue weighted by molar-refractivity contribution is -0.123. The van der Waals surface area contributed by atoms with Crippen LogP contribution >= 0.6 is 27.5 Å². The Morgan fingerprint density at radius 1 is 1.29 bits per heavy atom. The lowest BCUT2D eigenvalue weighted by Crippen LogP contribution is -2.25. The summed E-state index contributed by atoms with van der Waals surface area (Å²) in [6, 6.07) is 9.07. The number of hydrazone groups is 1. The molecule has 2 rings (SSSR count). The largest absolute Gasteiger partial charge is 0.508 e. The summed E-state index contributed by atoms with van der Waals surface area (Å²) in [5, 5.41) is 23.4. The Balaban J connectivity index is 1.95. The lowest BCUT2D eigenvalue weighted by atomic mass is 10.1. The van der Waals surface area contributed by atoms with Crippen molar-refractivity contribution in [3.8, 4) is 17.2 Å². The summed E-state index contributed by atoms with van der Waals surface area (Å²) in [5.74, 6) is -0.188. The molecule has 2 aromatic rings. The van der Waals surface area contributed by atoms with E-state index < -0.39 is 5.91 Å². The average molecular weight is 414 g/mol. The summed E-state index contributed by atoms with van der Waals surface area (Å²) >= 11 is 9.26. The maximum absolute atomic E-state index is 11.8. The fraction of sp³-hybridized carbons (Fsp3) is 0.125. The number of carbonyl (C=O) groups excluding carboxylic acids is 1. The number of hydrogen-bond donors (Lipinski definition) is 3. The van der Waals surface area contributed by atoms with Crippen LogP contribution in [0.2, 0.25) is 5.02 Å². The predicted octanol–water partition coefficient (Wildman–Crippen LogP) is 3.43. The van der Waals surface area contributed by atoms with Gasteiger partial charge in [0.1, 0.15) is 17.2 Å². The molecule has 0 aromatic heterocycles. The first kappa shape index (κ1) is 18.1. The Morgan fingerprint density at radius 3 is 2.75 bits per heavy atom. The molecule has 6 nitrogen and oxygen atoms in total. The maximum Gasteiger partial charge on any atom is 0.277 e. The number of phenols is 2. The molecule has 0 fully saturated rings. The number of nitrogens with zero attached hydrogens (tertiary/aromatic N) is 1. The molecule has 0 saturated carbocycles. The van der Waals surface area contributed by atoms with E-state index in [1.165, 1.54) is 18.2 Å². The number of rotatable bonds is 5. The number of carbonyl (C=O) groups is 1. The number of aromatic hydroxyl groups is 2. The van der Waals surface area contributed by atoms with Crippen LogP contribution in [0.5, 0.6) is 17.2 Å². The third-order valence-electron chi connectivity index (χ3n) is 2.97. The second-order valence-electron chi connectivity index (χ2n) is 4.80. The summed E-state index contributed by atoms with van der Waals surface area (Å²) in [6.45, 7) is 1.31. The van der Waals surface area contributed by atoms with Gasteiger partial charge in [0, 0.05) is 10.0 Å². The fourth-order valence-electron chi connectivity index (χ4n) is 1.79. The normalized spacial score (nSPS) is 11.2. The molecule has 8 heteroatoms. The van der Waals surface area contributed by atoms with E-state index in [1.807, 2.05) is 0 Å². The smallest absolute Gasteiger partial charge is 0.277 e. The quantitative estimate of drug-likeness (QED) is 0.398. The first-order valence-corrected chi connectivity index (χ1v) is 7.97. The van der Waals surface area contributed by atoms with Crippen LogP contribution < -0.4 is 10.2 Å². The minimum Gasteiger partial charge on any atom is -0.508 e. The molecule has 126 valence electrons. The van der Waals surface area contributed by atoms with Gasteiger partial charge in [-0.2, -0.15) is 5.10 Å². The highest BCUT2D eigenvalue weighted by Gasteiger charge is 2.08. The van der Waals surface area contributed by atoms with Gasteiger partial charge in [-0.25, -0.2) is 5.43 Å². The van der Waals surface area contributed by atoms with Gasteiger partial charge in [0.2, 0.25) is 0 Å². The van der Waals surface area contributed by atoms with Gasteiger partial charge >= 0.3 is 0 Å². The van der Waals surface area contributed by atoms with Crippen LogP contribution in [0.1, 0.15) is 12.5 Å². The molecule has 0 aliphatic carbocycles. The first-order chi connectivity index (χ1) is 11.4. The van der Waals surface area contributed by atoms with Crippen molar-refractivity contribution in [1.29, 1.82) is 0 Å². The SMILES string of the molecule is C/C(=N/NC(=O)COc1ccc(Br)cc1Cl)c1cc(O)ccc1O. The summed E-state index contributed by atoms with van der Waals surface area (Å²) in [5.41, 5.74) is 2.95. The number of halogens is 2. The molecular weight excluding hydrogens is 400 g/mol. The molecule has 2 aromatic carbocycles. The minimum absolute atomic E-state index is 0.0168. The van der Waals surface area contributed by atoms with E-state index in [9.17, 15) is 15.0 Å². The topological polar surface area (TPSA) is 91.2 Å². The number of ether oxygens (including phenoxy) is 1. The second kappa shape index (κ2) is 8.03. The van der Waals surface area contributed by atoms with Crippen molar-refractivity contribution in [3.63, 3.8) is 0 Å². The molecule has 0 aliphatic rings. The van der Waals surface area contributed by atoms with E-state index in [4.69, 9.17) is 16.3 Å². The highest BCUT2D eigenvalue weighted by molar-refractivity contribution is 9.10. The van der Waals surface area contributed by atoms with Crippen molar-refractivity contribution in [2.75, 3.05) is 6.61 Å². The van der Waals surface area contributed by atoms with Crippen LogP contribution in [0, 0.1) is 0 Å². The van der Waals surface area contributed by atoms with Crippen molar-refractivity contribution in [3.05, 3.63) is 51.5 Å². The summed E-state index contributed by atoms with van der Waals surface area (Å²) in [4.78, 5) is 11.8. The Hall–Kier alpha value is -2.25. The van der Waals surface area contributed by atoms with Gasteiger partial charge in [0.15, 0.2) is 6.61 Å². The number of benzene rings is 2. The van der Waals surface area contributed by atoms with Crippen LogP contribution in [0.15, 0.2) is 46.0 Å². The fourth-order valence-corrected chi connectivity index (χ4v) is 2.52. The molecule has 0 unspecified atom stereocenters. The van der Waals surface area contributed by atoms with E-state index in [0.717, 1.165) is 4.47 Å². The standard InChI is InChI=1S/C16H14BrClN2O4/c1-9(12-7-11(21)3-4-14(12)22)19-20-16(23)8-24-15-5-2-10(17)6-13(15)18/h2-7,21-22H,8H2,1H3,(H,20,23)/b19-9-. The van der Waals surface area contributed by atoms with Gasteiger partial charge in [0.05, 0.1) is 10.7 Å². The number of amides is 1. The van der Waals surface area contributed by atoms with Crippen LogP contribution in [-0.4, -0.2) is 28.4 Å². The molecule has 0 atom stereocenters. The molecule has 24 heavy (non-hydrogen) atoms. The van der Waals surface area contributed by atoms with E-state index in [2.05, 4.69) is 26.5 Å². The highest BCUT2D eigenvalue weighted by Crippen LogP contribution is 2.27. The van der Waals surface area contributed by atoms with Crippen LogP contribution in [0.25, 0.3) is 0 Å². The molecule has 0 bridgehead atoms. The van der Waals surface area contributed by atoms with Crippen molar-refractivity contribution >= 4 is 39.1 Å². The summed E-state index contributed by atoms with van der Waals surface area (Å²) < 4.78 is 6.11. The van der Waals surface area contributed by atoms with E-state index in [1.54, 1.807) is 25.1 Å². The molecule has 0 radical (unpaired) electrons. The van der Waals surface area contributed by atoms with Crippen molar-refractivity contribution in [2.24, 2.45) is 5.10 Å². The number of nitrogens with one attached hydrogen (secondary N) is 1. The molecule has 0 aliphatic heterocycles. The Labute approximate surface area is 151 Å². The Morgan fingerprint density at radius 2 is 2.04 bits per heavy atom. The zero-order valence-corrected chi connectivity index (χ0v) is 14.9. The van der Waals surface area contributed by atoms with E-state index in [0.29, 0.717) is 22.0 Å². The van der Waals surface area contributed by atoms with Gasteiger partial charge < -0.3 is 14.9 Å². The second-order valence-corrected chi connectivity index (χ2v) is 6.12. The Kier molecular flexibility index (Phi) is 6.05. The van der Waals surface area contributed by atoms with Crippen molar-refractivity contribution in [1.82, 2.24) is 5.43 Å². The monoisotopic (exact) mass is 412 g/mol. The predicted molar refractivity (Wildman–Crippen MR) is 94.8 cm³/mol.